The number of allylic oxidation sites excluding steroid dienone is 3. The molecule has 39 heavy (non-hydrogen) atoms. The molecule has 200 valence electrons. The predicted molar refractivity (Wildman–Crippen MR) is 149 cm³/mol. The molecule has 0 aromatic heterocycles. The van der Waals surface area contributed by atoms with Crippen LogP contribution in [0.3, 0.4) is 0 Å². The molecular weight excluding hydrogens is 490 g/mol. The minimum atomic E-state index is -0.586. The van der Waals surface area contributed by atoms with E-state index in [0.29, 0.717) is 42.0 Å². The van der Waals surface area contributed by atoms with Crippen LogP contribution in [0.2, 0.25) is 0 Å². The van der Waals surface area contributed by atoms with Crippen molar-refractivity contribution >= 4 is 11.8 Å². The third kappa shape index (κ3) is 5.46. The Morgan fingerprint density at radius 3 is 2.38 bits per heavy atom. The molecule has 0 spiro atoms. The molecule has 0 saturated carbocycles. The van der Waals surface area contributed by atoms with Crippen LogP contribution in [0.15, 0.2) is 101 Å². The van der Waals surface area contributed by atoms with Crippen molar-refractivity contribution in [2.45, 2.75) is 45.1 Å². The van der Waals surface area contributed by atoms with Gasteiger partial charge in [-0.1, -0.05) is 60.7 Å². The van der Waals surface area contributed by atoms with Gasteiger partial charge in [-0.15, -0.1) is 0 Å². The molecule has 6 nitrogen and oxygen atoms in total. The van der Waals surface area contributed by atoms with Crippen molar-refractivity contribution in [1.82, 2.24) is 5.32 Å². The Morgan fingerprint density at radius 1 is 0.949 bits per heavy atom. The van der Waals surface area contributed by atoms with Crippen molar-refractivity contribution in [3.8, 4) is 11.5 Å². The van der Waals surface area contributed by atoms with Crippen LogP contribution in [0.25, 0.3) is 0 Å². The average molecular weight is 524 g/mol. The molecule has 2 atom stereocenters. The summed E-state index contributed by atoms with van der Waals surface area (Å²) in [6.07, 6.45) is 1.01. The molecule has 0 radical (unpaired) electrons. The van der Waals surface area contributed by atoms with Gasteiger partial charge in [-0.3, -0.25) is 4.79 Å². The Balaban J connectivity index is 1.55. The van der Waals surface area contributed by atoms with E-state index in [0.717, 1.165) is 28.1 Å². The van der Waals surface area contributed by atoms with Gasteiger partial charge in [-0.25, -0.2) is 4.79 Å². The number of esters is 1. The zero-order valence-electron chi connectivity index (χ0n) is 22.5. The second kappa shape index (κ2) is 11.6. The van der Waals surface area contributed by atoms with Gasteiger partial charge in [0.15, 0.2) is 5.78 Å². The van der Waals surface area contributed by atoms with Gasteiger partial charge in [0.1, 0.15) is 18.1 Å². The van der Waals surface area contributed by atoms with Crippen LogP contribution in [-0.2, 0) is 20.9 Å². The van der Waals surface area contributed by atoms with Crippen LogP contribution in [0.4, 0.5) is 0 Å². The summed E-state index contributed by atoms with van der Waals surface area (Å²) in [4.78, 5) is 27.2. The maximum Gasteiger partial charge on any atom is 0.336 e. The van der Waals surface area contributed by atoms with Gasteiger partial charge in [0, 0.05) is 29.0 Å². The van der Waals surface area contributed by atoms with E-state index in [9.17, 15) is 9.59 Å². The Labute approximate surface area is 229 Å². The van der Waals surface area contributed by atoms with Gasteiger partial charge in [-0.05, 0) is 55.5 Å². The van der Waals surface area contributed by atoms with Crippen molar-refractivity contribution in [2.75, 3.05) is 13.7 Å². The summed E-state index contributed by atoms with van der Waals surface area (Å²) in [5.41, 5.74) is 5.50. The molecule has 3 aromatic rings. The van der Waals surface area contributed by atoms with E-state index in [1.54, 1.807) is 14.0 Å². The normalized spacial score (nSPS) is 18.8. The van der Waals surface area contributed by atoms with E-state index in [-0.39, 0.29) is 18.3 Å². The number of methoxy groups -OCH3 is 1. The number of carbonyl (C=O) groups excluding carboxylic acids is 2. The minimum Gasteiger partial charge on any atom is -0.497 e. The van der Waals surface area contributed by atoms with Crippen LogP contribution >= 0.6 is 0 Å². The first-order valence-corrected chi connectivity index (χ1v) is 13.3. The summed E-state index contributed by atoms with van der Waals surface area (Å²) >= 11 is 0. The van der Waals surface area contributed by atoms with Gasteiger partial charge in [0.2, 0.25) is 0 Å². The van der Waals surface area contributed by atoms with Crippen molar-refractivity contribution in [2.24, 2.45) is 0 Å². The molecule has 0 fully saturated rings. The van der Waals surface area contributed by atoms with Crippen molar-refractivity contribution in [1.29, 1.82) is 0 Å². The summed E-state index contributed by atoms with van der Waals surface area (Å²) in [7, 11) is 1.64. The van der Waals surface area contributed by atoms with Crippen LogP contribution in [0.5, 0.6) is 11.5 Å². The fourth-order valence-corrected chi connectivity index (χ4v) is 5.53. The molecule has 6 heteroatoms. The molecule has 1 aliphatic carbocycles. The van der Waals surface area contributed by atoms with Gasteiger partial charge < -0.3 is 19.5 Å². The highest BCUT2D eigenvalue weighted by Gasteiger charge is 2.42. The summed E-state index contributed by atoms with van der Waals surface area (Å²) in [6, 6.07) is 25.5. The number of ether oxygens (including phenoxy) is 3. The third-order valence-corrected chi connectivity index (χ3v) is 7.38. The first kappa shape index (κ1) is 26.3. The molecule has 5 rings (SSSR count). The number of ketones is 1. The fourth-order valence-electron chi connectivity index (χ4n) is 5.53. The van der Waals surface area contributed by atoms with Crippen LogP contribution in [-0.4, -0.2) is 25.5 Å². The van der Waals surface area contributed by atoms with E-state index < -0.39 is 11.9 Å². The first-order chi connectivity index (χ1) is 19.0. The van der Waals surface area contributed by atoms with Crippen molar-refractivity contribution in [3.63, 3.8) is 0 Å². The number of nitrogens with one attached hydrogen (secondary N) is 1. The lowest BCUT2D eigenvalue weighted by Gasteiger charge is -2.37. The topological polar surface area (TPSA) is 73.9 Å². The lowest BCUT2D eigenvalue weighted by Crippen LogP contribution is -2.36. The van der Waals surface area contributed by atoms with E-state index in [2.05, 4.69) is 5.32 Å². The number of para-hydroxylation sites is 1. The second-order valence-corrected chi connectivity index (χ2v) is 9.82. The van der Waals surface area contributed by atoms with E-state index in [4.69, 9.17) is 14.2 Å². The van der Waals surface area contributed by atoms with Crippen LogP contribution < -0.4 is 14.8 Å². The Bertz CT molecular complexity index is 1420. The SMILES string of the molecule is CCOC(=O)C1=C(C)NC2=C(C(=O)C[C@H](c3ccc(OC)cc3)C2)[C@@H]1c1ccccc1OCc1ccccc1. The number of rotatable bonds is 8. The lowest BCUT2D eigenvalue weighted by atomic mass is 9.71. The summed E-state index contributed by atoms with van der Waals surface area (Å²) < 4.78 is 17.1. The molecule has 1 aliphatic heterocycles. The number of benzene rings is 3. The van der Waals surface area contributed by atoms with Gasteiger partial charge >= 0.3 is 5.97 Å². The standard InChI is InChI=1S/C33H33NO5/c1-4-38-33(36)30-21(2)34-27-18-24(23-14-16-25(37-3)17-15-23)19-28(35)32(27)31(30)26-12-8-9-13-29(26)39-20-22-10-6-5-7-11-22/h5-17,24,31,34H,4,18-20H2,1-3H3/t24-,31-/m1/s1. The highest BCUT2D eigenvalue weighted by atomic mass is 16.5. The summed E-state index contributed by atoms with van der Waals surface area (Å²) in [5, 5.41) is 3.41. The van der Waals surface area contributed by atoms with E-state index in [1.807, 2.05) is 85.8 Å². The summed E-state index contributed by atoms with van der Waals surface area (Å²) in [6.45, 7) is 4.28. The third-order valence-electron chi connectivity index (χ3n) is 7.38. The number of hydrogen-bond acceptors (Lipinski definition) is 6. The lowest BCUT2D eigenvalue weighted by molar-refractivity contribution is -0.138. The van der Waals surface area contributed by atoms with E-state index >= 15 is 0 Å². The molecule has 0 unspecified atom stereocenters. The van der Waals surface area contributed by atoms with E-state index in [1.165, 1.54) is 0 Å². The number of Topliss-reactive ketones (excluding diaryl/α,β-unsaturated/α-hetero) is 1. The van der Waals surface area contributed by atoms with Crippen molar-refractivity contribution < 1.29 is 23.8 Å². The summed E-state index contributed by atoms with van der Waals surface area (Å²) in [5.74, 6) is 0.443. The number of hydrogen-bond donors (Lipinski definition) is 1. The number of dihydropyridines is 1. The molecule has 3 aromatic carbocycles. The maximum atomic E-state index is 13.9. The second-order valence-electron chi connectivity index (χ2n) is 9.82. The van der Waals surface area contributed by atoms with Gasteiger partial charge in [0.05, 0.1) is 25.2 Å². The van der Waals surface area contributed by atoms with Gasteiger partial charge in [0.25, 0.3) is 0 Å². The number of carbonyl (C=O) groups is 2. The Morgan fingerprint density at radius 2 is 1.67 bits per heavy atom. The van der Waals surface area contributed by atoms with Crippen molar-refractivity contribution in [3.05, 3.63) is 118 Å². The maximum absolute atomic E-state index is 13.9. The average Bonchev–Trinajstić information content (AvgIpc) is 2.96. The highest BCUT2D eigenvalue weighted by molar-refractivity contribution is 6.04. The molecule has 0 saturated heterocycles. The fraction of sp³-hybridized carbons (Fsp3) is 0.273. The molecule has 0 bridgehead atoms. The quantitative estimate of drug-likeness (QED) is 0.355. The molecule has 2 aliphatic rings. The van der Waals surface area contributed by atoms with Gasteiger partial charge in [-0.2, -0.15) is 0 Å². The predicted octanol–water partition coefficient (Wildman–Crippen LogP) is 6.20. The first-order valence-electron chi connectivity index (χ1n) is 13.3. The Kier molecular flexibility index (Phi) is 7.82. The highest BCUT2D eigenvalue weighted by Crippen LogP contribution is 2.47. The molecule has 1 N–H and O–H groups in total. The largest absolute Gasteiger partial charge is 0.497 e. The zero-order valence-corrected chi connectivity index (χ0v) is 22.5. The zero-order chi connectivity index (χ0) is 27.4. The minimum absolute atomic E-state index is 0.0155. The van der Waals surface area contributed by atoms with Crippen LogP contribution in [0.1, 0.15) is 55.2 Å². The monoisotopic (exact) mass is 523 g/mol. The molecular formula is C33H33NO5. The van der Waals surface area contributed by atoms with Crippen LogP contribution in [0, 0.1) is 0 Å². The smallest absolute Gasteiger partial charge is 0.336 e. The molecule has 0 amide bonds. The molecule has 1 heterocycles. The Hall–Kier alpha value is -4.32.